The first kappa shape index (κ1) is 12.7. The van der Waals surface area contributed by atoms with Crippen LogP contribution in [0, 0.1) is 11.8 Å². The predicted octanol–water partition coefficient (Wildman–Crippen LogP) is 3.21. The van der Waals surface area contributed by atoms with Gasteiger partial charge in [-0.15, -0.1) is 0 Å². The maximum absolute atomic E-state index is 5.84. The van der Waals surface area contributed by atoms with Gasteiger partial charge in [-0.05, 0) is 49.9 Å². The van der Waals surface area contributed by atoms with Gasteiger partial charge in [0, 0.05) is 6.54 Å². The van der Waals surface area contributed by atoms with Crippen LogP contribution in [0.2, 0.25) is 0 Å². The summed E-state index contributed by atoms with van der Waals surface area (Å²) in [6, 6.07) is 0. The number of likely N-dealkylation sites (tertiary alicyclic amines) is 1. The Kier molecular flexibility index (Phi) is 4.66. The van der Waals surface area contributed by atoms with E-state index in [2.05, 4.69) is 37.0 Å². The van der Waals surface area contributed by atoms with Gasteiger partial charge in [0.15, 0.2) is 0 Å². The second kappa shape index (κ2) is 6.25. The van der Waals surface area contributed by atoms with E-state index in [1.165, 1.54) is 32.4 Å². The highest BCUT2D eigenvalue weighted by Gasteiger charge is 2.13. The van der Waals surface area contributed by atoms with Crippen LogP contribution < -0.4 is 0 Å². The molecule has 1 saturated heterocycles. The van der Waals surface area contributed by atoms with Crippen LogP contribution in [0.25, 0.3) is 0 Å². The molecule has 17 heavy (non-hydrogen) atoms. The van der Waals surface area contributed by atoms with Gasteiger partial charge >= 0.3 is 0 Å². The van der Waals surface area contributed by atoms with E-state index < -0.39 is 0 Å². The molecule has 0 saturated carbocycles. The van der Waals surface area contributed by atoms with Gasteiger partial charge < -0.3 is 4.74 Å². The molecule has 2 unspecified atom stereocenters. The Labute approximate surface area is 105 Å². The third kappa shape index (κ3) is 3.88. The Hall–Kier alpha value is -0.760. The summed E-state index contributed by atoms with van der Waals surface area (Å²) >= 11 is 0. The summed E-state index contributed by atoms with van der Waals surface area (Å²) in [6.07, 6.45) is 10.7. The number of piperidine rings is 1. The highest BCUT2D eigenvalue weighted by atomic mass is 16.5. The molecule has 0 amide bonds. The summed E-state index contributed by atoms with van der Waals surface area (Å²) in [7, 11) is 0. The first-order valence-corrected chi connectivity index (χ1v) is 7.01. The monoisotopic (exact) mass is 235 g/mol. The fourth-order valence-corrected chi connectivity index (χ4v) is 2.46. The van der Waals surface area contributed by atoms with Crippen molar-refractivity contribution in [1.29, 1.82) is 0 Å². The fraction of sp³-hybridized carbons (Fsp3) is 0.733. The molecule has 0 bridgehead atoms. The molecule has 1 fully saturated rings. The van der Waals surface area contributed by atoms with Crippen LogP contribution in [0.1, 0.15) is 33.1 Å². The highest BCUT2D eigenvalue weighted by molar-refractivity contribution is 5.19. The minimum atomic E-state index is 0.602. The molecule has 2 rings (SSSR count). The zero-order chi connectivity index (χ0) is 12.1. The summed E-state index contributed by atoms with van der Waals surface area (Å²) in [5.74, 6) is 2.31. The molecule has 2 aliphatic rings. The number of allylic oxidation sites excluding steroid dienone is 3. The smallest absolute Gasteiger partial charge is 0.115 e. The summed E-state index contributed by atoms with van der Waals surface area (Å²) in [6.45, 7) is 8.92. The third-order valence-corrected chi connectivity index (χ3v) is 3.95. The van der Waals surface area contributed by atoms with Crippen LogP contribution in [0.5, 0.6) is 0 Å². The van der Waals surface area contributed by atoms with Crippen molar-refractivity contribution in [2.45, 2.75) is 33.1 Å². The second-order valence-electron chi connectivity index (χ2n) is 5.40. The van der Waals surface area contributed by atoms with Crippen molar-refractivity contribution in [2.75, 3.05) is 26.2 Å². The summed E-state index contributed by atoms with van der Waals surface area (Å²) in [4.78, 5) is 2.52. The number of hydrogen-bond donors (Lipinski definition) is 0. The van der Waals surface area contributed by atoms with Gasteiger partial charge in [-0.25, -0.2) is 0 Å². The lowest BCUT2D eigenvalue weighted by molar-refractivity contribution is 0.146. The van der Waals surface area contributed by atoms with Crippen LogP contribution in [0.3, 0.4) is 0 Å². The van der Waals surface area contributed by atoms with Gasteiger partial charge in [-0.3, -0.25) is 4.90 Å². The van der Waals surface area contributed by atoms with Gasteiger partial charge in [0.05, 0.1) is 0 Å². The van der Waals surface area contributed by atoms with Crippen molar-refractivity contribution >= 4 is 0 Å². The molecule has 1 heterocycles. The zero-order valence-electron chi connectivity index (χ0n) is 11.2. The fourth-order valence-electron chi connectivity index (χ4n) is 2.46. The Morgan fingerprint density at radius 3 is 2.65 bits per heavy atom. The number of hydrogen-bond acceptors (Lipinski definition) is 2. The maximum Gasteiger partial charge on any atom is 0.115 e. The molecule has 2 atom stereocenters. The molecule has 1 aliphatic heterocycles. The largest absolute Gasteiger partial charge is 0.493 e. The first-order valence-electron chi connectivity index (χ1n) is 7.01. The molecule has 0 N–H and O–H groups in total. The van der Waals surface area contributed by atoms with Crippen molar-refractivity contribution in [2.24, 2.45) is 11.8 Å². The van der Waals surface area contributed by atoms with Gasteiger partial charge in [-0.1, -0.05) is 26.3 Å². The maximum atomic E-state index is 5.84. The first-order chi connectivity index (χ1) is 8.25. The molecule has 0 aromatic carbocycles. The molecule has 2 nitrogen and oxygen atoms in total. The Morgan fingerprint density at radius 1 is 1.18 bits per heavy atom. The summed E-state index contributed by atoms with van der Waals surface area (Å²) in [5, 5.41) is 0. The van der Waals surface area contributed by atoms with Crippen LogP contribution in [0.15, 0.2) is 24.0 Å². The average molecular weight is 235 g/mol. The SMILES string of the molecule is CC1C=CC(OCCN2CCCCC2)=CC1C. The van der Waals surface area contributed by atoms with Crippen molar-refractivity contribution in [1.82, 2.24) is 4.90 Å². The van der Waals surface area contributed by atoms with E-state index in [0.29, 0.717) is 11.8 Å². The predicted molar refractivity (Wildman–Crippen MR) is 71.8 cm³/mol. The van der Waals surface area contributed by atoms with E-state index in [9.17, 15) is 0 Å². The molecule has 1 aliphatic carbocycles. The molecule has 0 aromatic rings. The second-order valence-corrected chi connectivity index (χ2v) is 5.40. The highest BCUT2D eigenvalue weighted by Crippen LogP contribution is 2.22. The van der Waals surface area contributed by atoms with Crippen LogP contribution in [-0.2, 0) is 4.74 Å². The summed E-state index contributed by atoms with van der Waals surface area (Å²) in [5.41, 5.74) is 0. The standard InChI is InChI=1S/C15H25NO/c1-13-6-7-15(12-14(13)2)17-11-10-16-8-4-3-5-9-16/h6-7,12-14H,3-5,8-11H2,1-2H3. The van der Waals surface area contributed by atoms with E-state index in [-0.39, 0.29) is 0 Å². The normalized spacial score (nSPS) is 30.1. The Bertz CT molecular complexity index is 289. The van der Waals surface area contributed by atoms with Crippen molar-refractivity contribution in [3.05, 3.63) is 24.0 Å². The lowest BCUT2D eigenvalue weighted by atomic mass is 9.91. The molecule has 0 spiro atoms. The van der Waals surface area contributed by atoms with Crippen molar-refractivity contribution in [3.63, 3.8) is 0 Å². The van der Waals surface area contributed by atoms with E-state index in [1.54, 1.807) is 0 Å². The third-order valence-electron chi connectivity index (χ3n) is 3.95. The number of nitrogens with zero attached hydrogens (tertiary/aromatic N) is 1. The molecular weight excluding hydrogens is 210 g/mol. The van der Waals surface area contributed by atoms with Crippen LogP contribution in [0.4, 0.5) is 0 Å². The van der Waals surface area contributed by atoms with Crippen LogP contribution >= 0.6 is 0 Å². The van der Waals surface area contributed by atoms with E-state index in [0.717, 1.165) is 18.9 Å². The van der Waals surface area contributed by atoms with E-state index >= 15 is 0 Å². The Balaban J connectivity index is 1.68. The van der Waals surface area contributed by atoms with E-state index in [1.807, 2.05) is 0 Å². The van der Waals surface area contributed by atoms with Gasteiger partial charge in [0.25, 0.3) is 0 Å². The summed E-state index contributed by atoms with van der Waals surface area (Å²) < 4.78 is 5.84. The zero-order valence-corrected chi connectivity index (χ0v) is 11.2. The molecule has 2 heteroatoms. The molecular formula is C15H25NO. The molecule has 96 valence electrons. The average Bonchev–Trinajstić information content (AvgIpc) is 2.35. The Morgan fingerprint density at radius 2 is 1.94 bits per heavy atom. The minimum absolute atomic E-state index is 0.602. The van der Waals surface area contributed by atoms with Crippen molar-refractivity contribution in [3.8, 4) is 0 Å². The van der Waals surface area contributed by atoms with Crippen LogP contribution in [-0.4, -0.2) is 31.1 Å². The van der Waals surface area contributed by atoms with E-state index in [4.69, 9.17) is 4.74 Å². The van der Waals surface area contributed by atoms with Gasteiger partial charge in [-0.2, -0.15) is 0 Å². The van der Waals surface area contributed by atoms with Gasteiger partial charge in [0.2, 0.25) is 0 Å². The molecule has 0 radical (unpaired) electrons. The minimum Gasteiger partial charge on any atom is -0.493 e. The quantitative estimate of drug-likeness (QED) is 0.742. The van der Waals surface area contributed by atoms with Crippen molar-refractivity contribution < 1.29 is 4.74 Å². The van der Waals surface area contributed by atoms with Gasteiger partial charge in [0.1, 0.15) is 12.4 Å². The lowest BCUT2D eigenvalue weighted by Crippen LogP contribution is -2.32. The topological polar surface area (TPSA) is 12.5 Å². The molecule has 0 aromatic heterocycles. The number of ether oxygens (including phenoxy) is 1. The number of rotatable bonds is 4. The lowest BCUT2D eigenvalue weighted by Gasteiger charge is -2.26.